The maximum Gasteiger partial charge on any atom is 0.251 e. The van der Waals surface area contributed by atoms with Crippen LogP contribution in [0, 0.1) is 11.8 Å². The molecule has 0 spiro atoms. The number of hydrogen-bond donors (Lipinski definition) is 3. The maximum absolute atomic E-state index is 12.0. The molecule has 1 aliphatic heterocycles. The molecule has 0 bridgehead atoms. The minimum Gasteiger partial charge on any atom is -0.497 e. The molecular weight excluding hydrogens is 318 g/mol. The normalized spacial score (nSPS) is 16.1. The molecule has 1 saturated heterocycles. The molecule has 25 heavy (non-hydrogen) atoms. The van der Waals surface area contributed by atoms with Crippen molar-refractivity contribution in [3.8, 4) is 5.75 Å². The van der Waals surface area contributed by atoms with Crippen LogP contribution in [0.5, 0.6) is 5.75 Å². The molecule has 1 unspecified atom stereocenters. The van der Waals surface area contributed by atoms with E-state index in [4.69, 9.17) is 4.74 Å². The quantitative estimate of drug-likeness (QED) is 0.624. The van der Waals surface area contributed by atoms with Crippen molar-refractivity contribution in [2.75, 3.05) is 33.3 Å². The summed E-state index contributed by atoms with van der Waals surface area (Å²) in [5.74, 6) is 1.65. The van der Waals surface area contributed by atoms with E-state index in [2.05, 4.69) is 22.9 Å². The smallest absolute Gasteiger partial charge is 0.251 e. The summed E-state index contributed by atoms with van der Waals surface area (Å²) in [5, 5.41) is 9.04. The average molecular weight is 347 g/mol. The molecule has 6 heteroatoms. The van der Waals surface area contributed by atoms with E-state index in [0.717, 1.165) is 25.9 Å². The van der Waals surface area contributed by atoms with Crippen LogP contribution in [0.1, 0.15) is 36.5 Å². The van der Waals surface area contributed by atoms with Gasteiger partial charge in [0.2, 0.25) is 5.91 Å². The highest BCUT2D eigenvalue weighted by atomic mass is 16.5. The lowest BCUT2D eigenvalue weighted by Crippen LogP contribution is -2.36. The Morgan fingerprint density at radius 1 is 1.16 bits per heavy atom. The number of carbonyl (C=O) groups excluding carboxylic acids is 2. The fourth-order valence-electron chi connectivity index (χ4n) is 3.17. The first-order valence-electron chi connectivity index (χ1n) is 9.00. The van der Waals surface area contributed by atoms with Gasteiger partial charge in [-0.25, -0.2) is 0 Å². The Morgan fingerprint density at radius 2 is 1.80 bits per heavy atom. The van der Waals surface area contributed by atoms with Crippen LogP contribution in [0.4, 0.5) is 0 Å². The van der Waals surface area contributed by atoms with Gasteiger partial charge in [-0.15, -0.1) is 0 Å². The number of piperidine rings is 1. The summed E-state index contributed by atoms with van der Waals surface area (Å²) in [6.45, 7) is 5.11. The molecule has 0 aromatic heterocycles. The zero-order chi connectivity index (χ0) is 18.1. The third-order valence-corrected chi connectivity index (χ3v) is 4.78. The van der Waals surface area contributed by atoms with E-state index in [1.54, 1.807) is 31.4 Å². The van der Waals surface area contributed by atoms with E-state index in [0.29, 0.717) is 42.7 Å². The Balaban J connectivity index is 1.62. The van der Waals surface area contributed by atoms with Crippen molar-refractivity contribution in [2.24, 2.45) is 11.8 Å². The van der Waals surface area contributed by atoms with E-state index in [1.165, 1.54) is 0 Å². The Bertz CT molecular complexity index is 554. The van der Waals surface area contributed by atoms with Gasteiger partial charge in [0.15, 0.2) is 0 Å². The standard InChI is InChI=1S/C19H29N3O3/c1-14(15-7-9-20-10-8-15)13-18(23)21-11-12-22-19(24)16-3-5-17(25-2)6-4-16/h3-6,14-15,20H,7-13H2,1-2H3,(H,21,23)(H,22,24). The number of carbonyl (C=O) groups is 2. The second-order valence-electron chi connectivity index (χ2n) is 6.60. The van der Waals surface area contributed by atoms with E-state index < -0.39 is 0 Å². The van der Waals surface area contributed by atoms with Crippen LogP contribution in [0.2, 0.25) is 0 Å². The van der Waals surface area contributed by atoms with Crippen LogP contribution in [-0.4, -0.2) is 45.1 Å². The van der Waals surface area contributed by atoms with E-state index in [1.807, 2.05) is 0 Å². The number of benzene rings is 1. The lowest BCUT2D eigenvalue weighted by Gasteiger charge is -2.27. The Kier molecular flexibility index (Phi) is 7.73. The van der Waals surface area contributed by atoms with Gasteiger partial charge >= 0.3 is 0 Å². The molecule has 6 nitrogen and oxygen atoms in total. The van der Waals surface area contributed by atoms with Crippen molar-refractivity contribution < 1.29 is 14.3 Å². The average Bonchev–Trinajstić information content (AvgIpc) is 2.65. The monoisotopic (exact) mass is 347 g/mol. The molecule has 3 N–H and O–H groups in total. The summed E-state index contributed by atoms with van der Waals surface area (Å²) >= 11 is 0. The summed E-state index contributed by atoms with van der Waals surface area (Å²) in [4.78, 5) is 24.0. The molecule has 1 aromatic carbocycles. The first-order chi connectivity index (χ1) is 12.1. The van der Waals surface area contributed by atoms with Gasteiger partial charge in [0.1, 0.15) is 5.75 Å². The van der Waals surface area contributed by atoms with Crippen LogP contribution in [0.15, 0.2) is 24.3 Å². The van der Waals surface area contributed by atoms with Crippen molar-refractivity contribution in [3.05, 3.63) is 29.8 Å². The SMILES string of the molecule is COc1ccc(C(=O)NCCNC(=O)CC(C)C2CCNCC2)cc1. The molecule has 1 heterocycles. The lowest BCUT2D eigenvalue weighted by molar-refractivity contribution is -0.122. The van der Waals surface area contributed by atoms with Gasteiger partial charge in [0.05, 0.1) is 7.11 Å². The maximum atomic E-state index is 12.0. The highest BCUT2D eigenvalue weighted by molar-refractivity contribution is 5.94. The largest absolute Gasteiger partial charge is 0.497 e. The van der Waals surface area contributed by atoms with Gasteiger partial charge in [0.25, 0.3) is 5.91 Å². The van der Waals surface area contributed by atoms with Crippen molar-refractivity contribution in [1.29, 1.82) is 0 Å². The van der Waals surface area contributed by atoms with Crippen LogP contribution < -0.4 is 20.7 Å². The van der Waals surface area contributed by atoms with E-state index in [-0.39, 0.29) is 11.8 Å². The minimum absolute atomic E-state index is 0.0599. The Hall–Kier alpha value is -2.08. The second-order valence-corrected chi connectivity index (χ2v) is 6.60. The van der Waals surface area contributed by atoms with Crippen LogP contribution in [-0.2, 0) is 4.79 Å². The predicted molar refractivity (Wildman–Crippen MR) is 97.7 cm³/mol. The van der Waals surface area contributed by atoms with Crippen LogP contribution in [0.3, 0.4) is 0 Å². The summed E-state index contributed by atoms with van der Waals surface area (Å²) in [7, 11) is 1.59. The van der Waals surface area contributed by atoms with Crippen molar-refractivity contribution in [3.63, 3.8) is 0 Å². The summed E-state index contributed by atoms with van der Waals surface area (Å²) in [6.07, 6.45) is 2.84. The molecule has 1 aliphatic rings. The molecule has 0 aliphatic carbocycles. The Labute approximate surface area is 149 Å². The number of rotatable bonds is 8. The van der Waals surface area contributed by atoms with Gasteiger partial charge in [-0.2, -0.15) is 0 Å². The van der Waals surface area contributed by atoms with Crippen molar-refractivity contribution >= 4 is 11.8 Å². The molecule has 0 radical (unpaired) electrons. The second kappa shape index (κ2) is 10.0. The molecule has 138 valence electrons. The van der Waals surface area contributed by atoms with Gasteiger partial charge < -0.3 is 20.7 Å². The summed E-state index contributed by atoms with van der Waals surface area (Å²) < 4.78 is 5.07. The molecule has 1 atom stereocenters. The van der Waals surface area contributed by atoms with Gasteiger partial charge in [-0.05, 0) is 62.0 Å². The molecule has 2 amide bonds. The van der Waals surface area contributed by atoms with E-state index >= 15 is 0 Å². The highest BCUT2D eigenvalue weighted by Crippen LogP contribution is 2.24. The Morgan fingerprint density at radius 3 is 2.44 bits per heavy atom. The molecule has 2 rings (SSSR count). The van der Waals surface area contributed by atoms with E-state index in [9.17, 15) is 9.59 Å². The number of ether oxygens (including phenoxy) is 1. The number of hydrogen-bond acceptors (Lipinski definition) is 4. The molecule has 1 aromatic rings. The number of methoxy groups -OCH3 is 1. The lowest BCUT2D eigenvalue weighted by atomic mass is 9.84. The summed E-state index contributed by atoms with van der Waals surface area (Å²) in [6, 6.07) is 6.93. The minimum atomic E-state index is -0.153. The van der Waals surface area contributed by atoms with Gasteiger partial charge in [-0.1, -0.05) is 6.92 Å². The number of amides is 2. The predicted octanol–water partition coefficient (Wildman–Crippen LogP) is 1.57. The first kappa shape index (κ1) is 19.2. The summed E-state index contributed by atoms with van der Waals surface area (Å²) in [5.41, 5.74) is 0.576. The molecule has 1 fully saturated rings. The zero-order valence-electron chi connectivity index (χ0n) is 15.1. The highest BCUT2D eigenvalue weighted by Gasteiger charge is 2.21. The van der Waals surface area contributed by atoms with Crippen LogP contribution >= 0.6 is 0 Å². The third kappa shape index (κ3) is 6.38. The van der Waals surface area contributed by atoms with Gasteiger partial charge in [0, 0.05) is 25.1 Å². The van der Waals surface area contributed by atoms with Crippen LogP contribution in [0.25, 0.3) is 0 Å². The fraction of sp³-hybridized carbons (Fsp3) is 0.579. The van der Waals surface area contributed by atoms with Crippen molar-refractivity contribution in [1.82, 2.24) is 16.0 Å². The molecular formula is C19H29N3O3. The zero-order valence-corrected chi connectivity index (χ0v) is 15.1. The topological polar surface area (TPSA) is 79.5 Å². The third-order valence-electron chi connectivity index (χ3n) is 4.78. The fourth-order valence-corrected chi connectivity index (χ4v) is 3.17. The first-order valence-corrected chi connectivity index (χ1v) is 9.00. The number of nitrogens with one attached hydrogen (secondary N) is 3. The van der Waals surface area contributed by atoms with Crippen molar-refractivity contribution in [2.45, 2.75) is 26.2 Å². The van der Waals surface area contributed by atoms with Gasteiger partial charge in [-0.3, -0.25) is 9.59 Å². The molecule has 0 saturated carbocycles.